The third-order valence-electron chi connectivity index (χ3n) is 5.41. The number of rotatable bonds is 3. The van der Waals surface area contributed by atoms with Crippen LogP contribution in [0.15, 0.2) is 30.0 Å². The third kappa shape index (κ3) is 3.79. The number of benzene rings is 1. The summed E-state index contributed by atoms with van der Waals surface area (Å²) in [6.45, 7) is 9.64. The first-order valence-electron chi connectivity index (χ1n) is 9.60. The van der Waals surface area contributed by atoms with Crippen molar-refractivity contribution in [3.63, 3.8) is 0 Å². The Morgan fingerprint density at radius 1 is 1.18 bits per heavy atom. The molecular weight excluding hydrogens is 356 g/mol. The van der Waals surface area contributed by atoms with Gasteiger partial charge in [-0.25, -0.2) is 4.79 Å². The van der Waals surface area contributed by atoms with Gasteiger partial charge in [0.15, 0.2) is 0 Å². The van der Waals surface area contributed by atoms with Gasteiger partial charge in [-0.2, -0.15) is 0 Å². The molecule has 0 spiro atoms. The van der Waals surface area contributed by atoms with Gasteiger partial charge in [0.2, 0.25) is 5.91 Å². The molecule has 3 rings (SSSR count). The summed E-state index contributed by atoms with van der Waals surface area (Å²) in [7, 11) is 1.62. The van der Waals surface area contributed by atoms with Crippen molar-refractivity contribution in [3.8, 4) is 5.75 Å². The number of amides is 3. The van der Waals surface area contributed by atoms with Gasteiger partial charge in [-0.1, -0.05) is 12.1 Å². The highest BCUT2D eigenvalue weighted by Gasteiger charge is 2.46. The van der Waals surface area contributed by atoms with Gasteiger partial charge in [-0.3, -0.25) is 4.79 Å². The first-order valence-corrected chi connectivity index (χ1v) is 9.60. The minimum Gasteiger partial charge on any atom is -0.497 e. The monoisotopic (exact) mass is 386 g/mol. The van der Waals surface area contributed by atoms with Crippen molar-refractivity contribution in [2.45, 2.75) is 39.3 Å². The number of nitrogens with zero attached hydrogens (tertiary/aromatic N) is 2. The van der Waals surface area contributed by atoms with Crippen molar-refractivity contribution in [2.24, 2.45) is 11.7 Å². The van der Waals surface area contributed by atoms with Crippen LogP contribution in [0.5, 0.6) is 5.75 Å². The number of hydrogen-bond donors (Lipinski definition) is 2. The van der Waals surface area contributed by atoms with E-state index in [2.05, 4.69) is 10.2 Å². The Bertz CT molecular complexity index is 795. The van der Waals surface area contributed by atoms with E-state index in [9.17, 15) is 9.59 Å². The fourth-order valence-corrected chi connectivity index (χ4v) is 4.16. The van der Waals surface area contributed by atoms with Gasteiger partial charge in [-0.05, 0) is 51.0 Å². The van der Waals surface area contributed by atoms with Crippen LogP contribution in [0.3, 0.4) is 0 Å². The summed E-state index contributed by atoms with van der Waals surface area (Å²) >= 11 is 0. The molecule has 1 aromatic rings. The molecule has 2 unspecified atom stereocenters. The van der Waals surface area contributed by atoms with Crippen LogP contribution in [0.4, 0.5) is 4.79 Å². The van der Waals surface area contributed by atoms with Gasteiger partial charge in [0.25, 0.3) is 0 Å². The van der Waals surface area contributed by atoms with Crippen molar-refractivity contribution >= 4 is 17.5 Å². The zero-order chi connectivity index (χ0) is 20.6. The molecule has 7 heteroatoms. The van der Waals surface area contributed by atoms with Crippen molar-refractivity contribution < 1.29 is 14.3 Å². The van der Waals surface area contributed by atoms with Crippen LogP contribution < -0.4 is 15.8 Å². The Labute approximate surface area is 166 Å². The van der Waals surface area contributed by atoms with E-state index in [0.717, 1.165) is 22.6 Å². The second-order valence-electron chi connectivity index (χ2n) is 8.49. The Balaban J connectivity index is 1.88. The summed E-state index contributed by atoms with van der Waals surface area (Å²) in [6, 6.07) is 7.42. The lowest BCUT2D eigenvalue weighted by molar-refractivity contribution is -0.121. The highest BCUT2D eigenvalue weighted by atomic mass is 16.5. The highest BCUT2D eigenvalue weighted by molar-refractivity contribution is 5.94. The number of methoxy groups -OCH3 is 1. The maximum absolute atomic E-state index is 12.6. The largest absolute Gasteiger partial charge is 0.497 e. The maximum atomic E-state index is 12.6. The molecule has 0 bridgehead atoms. The van der Waals surface area contributed by atoms with E-state index in [4.69, 9.17) is 10.5 Å². The summed E-state index contributed by atoms with van der Waals surface area (Å²) in [5, 5.41) is 3.00. The molecular formula is C21H30N4O3. The first-order chi connectivity index (χ1) is 13.1. The van der Waals surface area contributed by atoms with Gasteiger partial charge < -0.3 is 25.6 Å². The molecule has 7 nitrogen and oxygen atoms in total. The van der Waals surface area contributed by atoms with Crippen molar-refractivity contribution in [1.82, 2.24) is 15.1 Å². The Morgan fingerprint density at radius 3 is 2.36 bits per heavy atom. The maximum Gasteiger partial charge on any atom is 0.317 e. The molecule has 1 aromatic carbocycles. The van der Waals surface area contributed by atoms with E-state index in [1.54, 1.807) is 12.0 Å². The van der Waals surface area contributed by atoms with Gasteiger partial charge in [-0.15, -0.1) is 0 Å². The number of nitrogens with one attached hydrogen (secondary N) is 1. The fourth-order valence-electron chi connectivity index (χ4n) is 4.16. The van der Waals surface area contributed by atoms with Crippen molar-refractivity contribution in [2.75, 3.05) is 26.7 Å². The third-order valence-corrected chi connectivity index (χ3v) is 5.41. The van der Waals surface area contributed by atoms with Crippen LogP contribution in [0.25, 0.3) is 5.57 Å². The molecule has 0 saturated carbocycles. The zero-order valence-corrected chi connectivity index (χ0v) is 17.3. The lowest BCUT2D eigenvalue weighted by Gasteiger charge is -2.41. The molecule has 28 heavy (non-hydrogen) atoms. The normalized spacial score (nSPS) is 22.2. The predicted molar refractivity (Wildman–Crippen MR) is 109 cm³/mol. The number of fused-ring (bicyclic) bond motifs is 1. The number of primary amides is 1. The molecule has 2 atom stereocenters. The molecule has 152 valence electrons. The van der Waals surface area contributed by atoms with Crippen LogP contribution in [-0.4, -0.2) is 60.1 Å². The standard InChI is InChI=1S/C21H30N4O3/c1-13-17(14-6-8-15(28-5)9-7-14)18(19(22)26)16-12-24(10-11-25(13)16)20(27)23-21(2,3)4/h6-9,16,18H,10-12H2,1-5H3,(H2,22,26)(H,23,27). The minimum absolute atomic E-state index is 0.106. The second-order valence-corrected chi connectivity index (χ2v) is 8.49. The molecule has 2 aliphatic heterocycles. The van der Waals surface area contributed by atoms with Crippen LogP contribution in [-0.2, 0) is 4.79 Å². The Kier molecular flexibility index (Phi) is 5.28. The number of carbonyl (C=O) groups is 2. The molecule has 0 aromatic heterocycles. The molecule has 3 N–H and O–H groups in total. The summed E-state index contributed by atoms with van der Waals surface area (Å²) in [4.78, 5) is 29.1. The van der Waals surface area contributed by atoms with E-state index < -0.39 is 5.92 Å². The van der Waals surface area contributed by atoms with Crippen LogP contribution >= 0.6 is 0 Å². The summed E-state index contributed by atoms with van der Waals surface area (Å²) in [5.74, 6) is -0.0623. The average molecular weight is 386 g/mol. The zero-order valence-electron chi connectivity index (χ0n) is 17.3. The topological polar surface area (TPSA) is 87.9 Å². The Hall–Kier alpha value is -2.70. The number of urea groups is 1. The number of allylic oxidation sites excluding steroid dienone is 1. The van der Waals surface area contributed by atoms with Crippen molar-refractivity contribution in [3.05, 3.63) is 35.5 Å². The highest BCUT2D eigenvalue weighted by Crippen LogP contribution is 2.42. The van der Waals surface area contributed by atoms with Crippen LogP contribution in [0.1, 0.15) is 33.3 Å². The lowest BCUT2D eigenvalue weighted by atomic mass is 9.88. The SMILES string of the molecule is COc1ccc(C2=C(C)N3CCN(C(=O)NC(C)(C)C)CC3C2C(N)=O)cc1. The van der Waals surface area contributed by atoms with Crippen LogP contribution in [0, 0.1) is 5.92 Å². The Morgan fingerprint density at radius 2 is 1.82 bits per heavy atom. The molecule has 2 aliphatic rings. The molecule has 1 saturated heterocycles. The molecule has 0 radical (unpaired) electrons. The van der Waals surface area contributed by atoms with Gasteiger partial charge in [0, 0.05) is 30.9 Å². The van der Waals surface area contributed by atoms with E-state index in [1.807, 2.05) is 52.0 Å². The smallest absolute Gasteiger partial charge is 0.317 e. The van der Waals surface area contributed by atoms with E-state index in [0.29, 0.717) is 19.6 Å². The summed E-state index contributed by atoms with van der Waals surface area (Å²) in [6.07, 6.45) is 0. The van der Waals surface area contributed by atoms with Crippen LogP contribution in [0.2, 0.25) is 0 Å². The van der Waals surface area contributed by atoms with Gasteiger partial charge in [0.1, 0.15) is 5.75 Å². The van der Waals surface area contributed by atoms with E-state index >= 15 is 0 Å². The van der Waals surface area contributed by atoms with Crippen molar-refractivity contribution in [1.29, 1.82) is 0 Å². The number of piperazine rings is 1. The van der Waals surface area contributed by atoms with Gasteiger partial charge >= 0.3 is 6.03 Å². The first kappa shape index (κ1) is 20.0. The molecule has 0 aliphatic carbocycles. The number of nitrogens with two attached hydrogens (primary N) is 1. The number of carbonyl (C=O) groups excluding carboxylic acids is 2. The lowest BCUT2D eigenvalue weighted by Crippen LogP contribution is -2.59. The van der Waals surface area contributed by atoms with Gasteiger partial charge in [0.05, 0.1) is 19.1 Å². The number of hydrogen-bond acceptors (Lipinski definition) is 4. The predicted octanol–water partition coefficient (Wildman–Crippen LogP) is 2.04. The molecule has 1 fully saturated rings. The van der Waals surface area contributed by atoms with E-state index in [-0.39, 0.29) is 23.5 Å². The molecule has 3 amide bonds. The number of ether oxygens (including phenoxy) is 1. The summed E-state index contributed by atoms with van der Waals surface area (Å²) < 4.78 is 5.24. The minimum atomic E-state index is -0.460. The quantitative estimate of drug-likeness (QED) is 0.832. The second kappa shape index (κ2) is 7.37. The fraction of sp³-hybridized carbons (Fsp3) is 0.524. The van der Waals surface area contributed by atoms with E-state index in [1.165, 1.54) is 0 Å². The average Bonchev–Trinajstić information content (AvgIpc) is 2.92. The molecule has 2 heterocycles. The summed E-state index contributed by atoms with van der Waals surface area (Å²) in [5.41, 5.74) is 8.47.